The molecule has 0 bridgehead atoms. The molecule has 7 nitrogen and oxygen atoms in total. The van der Waals surface area contributed by atoms with Crippen LogP contribution in [0, 0.1) is 6.92 Å². The zero-order valence-electron chi connectivity index (χ0n) is 15.5. The molecule has 0 aromatic heterocycles. The van der Waals surface area contributed by atoms with Gasteiger partial charge in [0.2, 0.25) is 0 Å². The van der Waals surface area contributed by atoms with E-state index >= 15 is 0 Å². The number of rotatable bonds is 5. The first-order valence-corrected chi connectivity index (χ1v) is 9.40. The molecule has 0 spiro atoms. The van der Waals surface area contributed by atoms with E-state index in [2.05, 4.69) is 9.47 Å². The van der Waals surface area contributed by atoms with Gasteiger partial charge in [-0.2, -0.15) is 13.2 Å². The summed E-state index contributed by atoms with van der Waals surface area (Å²) in [5, 5.41) is 0. The number of nitrogens with one attached hydrogen (secondary N) is 1. The summed E-state index contributed by atoms with van der Waals surface area (Å²) >= 11 is 0. The van der Waals surface area contributed by atoms with Crippen LogP contribution < -0.4 is 4.72 Å². The van der Waals surface area contributed by atoms with Crippen LogP contribution in [0.4, 0.5) is 18.9 Å². The number of carbonyl (C=O) groups is 2. The molecule has 156 valence electrons. The van der Waals surface area contributed by atoms with Gasteiger partial charge in [-0.15, -0.1) is 0 Å². The molecule has 0 radical (unpaired) electrons. The van der Waals surface area contributed by atoms with E-state index < -0.39 is 44.2 Å². The van der Waals surface area contributed by atoms with Crippen LogP contribution >= 0.6 is 0 Å². The van der Waals surface area contributed by atoms with Gasteiger partial charge in [-0.25, -0.2) is 18.0 Å². The van der Waals surface area contributed by atoms with E-state index in [4.69, 9.17) is 0 Å². The first-order chi connectivity index (χ1) is 13.4. The minimum absolute atomic E-state index is 0.0941. The smallest absolute Gasteiger partial charge is 0.416 e. The Hall–Kier alpha value is -3.08. The number of esters is 2. The molecule has 0 heterocycles. The third-order valence-electron chi connectivity index (χ3n) is 3.89. The van der Waals surface area contributed by atoms with Gasteiger partial charge in [0, 0.05) is 5.69 Å². The number of alkyl halides is 3. The van der Waals surface area contributed by atoms with Gasteiger partial charge in [-0.3, -0.25) is 4.72 Å². The lowest BCUT2D eigenvalue weighted by Crippen LogP contribution is -2.19. The molecular formula is C18H16F3NO6S. The lowest BCUT2D eigenvalue weighted by Gasteiger charge is -2.15. The van der Waals surface area contributed by atoms with Crippen LogP contribution in [0.1, 0.15) is 31.8 Å². The highest BCUT2D eigenvalue weighted by atomic mass is 32.2. The van der Waals surface area contributed by atoms with Crippen LogP contribution in [-0.4, -0.2) is 34.6 Å². The largest absolute Gasteiger partial charge is 0.465 e. The number of sulfonamides is 1. The van der Waals surface area contributed by atoms with Gasteiger partial charge in [0.05, 0.1) is 30.9 Å². The number of aryl methyl sites for hydroxylation is 1. The van der Waals surface area contributed by atoms with Crippen molar-refractivity contribution in [1.29, 1.82) is 0 Å². The highest BCUT2D eigenvalue weighted by Crippen LogP contribution is 2.34. The van der Waals surface area contributed by atoms with Crippen molar-refractivity contribution in [2.45, 2.75) is 18.0 Å². The minimum atomic E-state index is -4.69. The van der Waals surface area contributed by atoms with Crippen molar-refractivity contribution >= 4 is 27.6 Å². The minimum Gasteiger partial charge on any atom is -0.465 e. The van der Waals surface area contributed by atoms with Crippen LogP contribution in [-0.2, 0) is 25.7 Å². The Morgan fingerprint density at radius 2 is 1.59 bits per heavy atom. The zero-order valence-corrected chi connectivity index (χ0v) is 16.3. The lowest BCUT2D eigenvalue weighted by molar-refractivity contribution is -0.138. The number of hydrogen-bond acceptors (Lipinski definition) is 6. The number of ether oxygens (including phenoxy) is 2. The number of anilines is 1. The summed E-state index contributed by atoms with van der Waals surface area (Å²) in [4.78, 5) is 23.0. The van der Waals surface area contributed by atoms with Crippen molar-refractivity contribution in [1.82, 2.24) is 0 Å². The van der Waals surface area contributed by atoms with Crippen molar-refractivity contribution in [2.24, 2.45) is 0 Å². The fourth-order valence-electron chi connectivity index (χ4n) is 2.47. The fourth-order valence-corrected chi connectivity index (χ4v) is 3.74. The second kappa shape index (κ2) is 8.11. The third-order valence-corrected chi connectivity index (χ3v) is 5.31. The molecule has 0 fully saturated rings. The van der Waals surface area contributed by atoms with Gasteiger partial charge in [0.15, 0.2) is 0 Å². The average molecular weight is 431 g/mol. The highest BCUT2D eigenvalue weighted by Gasteiger charge is 2.33. The van der Waals surface area contributed by atoms with Crippen LogP contribution in [0.5, 0.6) is 0 Å². The van der Waals surface area contributed by atoms with Crippen LogP contribution in [0.3, 0.4) is 0 Å². The SMILES string of the molecule is COC(=O)c1ccc(C(=O)OC)c(S(=O)(=O)Nc2ccc(C)c(C(F)(F)F)c2)c1. The van der Waals surface area contributed by atoms with Crippen molar-refractivity contribution in [2.75, 3.05) is 18.9 Å². The van der Waals surface area contributed by atoms with E-state index in [-0.39, 0.29) is 16.8 Å². The van der Waals surface area contributed by atoms with Crippen molar-refractivity contribution in [3.05, 3.63) is 58.7 Å². The summed E-state index contributed by atoms with van der Waals surface area (Å²) in [6.07, 6.45) is -4.69. The Morgan fingerprint density at radius 3 is 2.14 bits per heavy atom. The van der Waals surface area contributed by atoms with Gasteiger partial charge in [0.1, 0.15) is 4.90 Å². The lowest BCUT2D eigenvalue weighted by atomic mass is 10.1. The van der Waals surface area contributed by atoms with Gasteiger partial charge in [-0.05, 0) is 42.8 Å². The maximum absolute atomic E-state index is 13.1. The summed E-state index contributed by atoms with van der Waals surface area (Å²) in [6.45, 7) is 1.23. The van der Waals surface area contributed by atoms with E-state index in [1.165, 1.54) is 6.92 Å². The average Bonchev–Trinajstić information content (AvgIpc) is 2.66. The maximum atomic E-state index is 13.1. The molecule has 2 rings (SSSR count). The number of carbonyl (C=O) groups excluding carboxylic acids is 2. The van der Waals surface area contributed by atoms with Gasteiger partial charge in [0.25, 0.3) is 10.0 Å². The molecule has 2 aromatic rings. The van der Waals surface area contributed by atoms with Gasteiger partial charge >= 0.3 is 18.1 Å². The maximum Gasteiger partial charge on any atom is 0.416 e. The summed E-state index contributed by atoms with van der Waals surface area (Å²) in [6, 6.07) is 5.96. The van der Waals surface area contributed by atoms with Gasteiger partial charge in [-0.1, -0.05) is 6.07 Å². The molecule has 0 unspecified atom stereocenters. The molecule has 29 heavy (non-hydrogen) atoms. The van der Waals surface area contributed by atoms with E-state index in [1.807, 2.05) is 4.72 Å². The zero-order chi connectivity index (χ0) is 22.0. The predicted octanol–water partition coefficient (Wildman–Crippen LogP) is 3.39. The summed E-state index contributed by atoms with van der Waals surface area (Å²) in [5.74, 6) is -1.88. The van der Waals surface area contributed by atoms with E-state index in [1.54, 1.807) is 0 Å². The topological polar surface area (TPSA) is 98.8 Å². The second-order valence-electron chi connectivity index (χ2n) is 5.83. The quantitative estimate of drug-likeness (QED) is 0.729. The first-order valence-electron chi connectivity index (χ1n) is 7.92. The Balaban J connectivity index is 2.58. The third kappa shape index (κ3) is 4.86. The van der Waals surface area contributed by atoms with E-state index in [0.717, 1.165) is 44.6 Å². The second-order valence-corrected chi connectivity index (χ2v) is 7.48. The Morgan fingerprint density at radius 1 is 0.966 bits per heavy atom. The Bertz CT molecular complexity index is 1060. The van der Waals surface area contributed by atoms with E-state index in [0.29, 0.717) is 6.07 Å². The molecule has 0 atom stereocenters. The molecule has 0 aliphatic rings. The molecule has 11 heteroatoms. The first kappa shape index (κ1) is 22.2. The Labute approximate surface area is 164 Å². The summed E-state index contributed by atoms with van der Waals surface area (Å²) in [5.41, 5.74) is -2.07. The normalized spacial score (nSPS) is 11.7. The monoisotopic (exact) mass is 431 g/mol. The fraction of sp³-hybridized carbons (Fsp3) is 0.222. The number of halogens is 3. The molecule has 0 saturated heterocycles. The summed E-state index contributed by atoms with van der Waals surface area (Å²) < 4.78 is 75.9. The predicted molar refractivity (Wildman–Crippen MR) is 96.1 cm³/mol. The molecule has 0 saturated carbocycles. The number of methoxy groups -OCH3 is 2. The molecule has 0 aliphatic heterocycles. The summed E-state index contributed by atoms with van der Waals surface area (Å²) in [7, 11) is -2.46. The molecule has 0 aliphatic carbocycles. The number of benzene rings is 2. The molecular weight excluding hydrogens is 415 g/mol. The van der Waals surface area contributed by atoms with Crippen LogP contribution in [0.25, 0.3) is 0 Å². The molecule has 0 amide bonds. The van der Waals surface area contributed by atoms with Crippen molar-refractivity contribution in [3.8, 4) is 0 Å². The van der Waals surface area contributed by atoms with Gasteiger partial charge < -0.3 is 9.47 Å². The highest BCUT2D eigenvalue weighted by molar-refractivity contribution is 7.92. The van der Waals surface area contributed by atoms with Crippen LogP contribution in [0.15, 0.2) is 41.3 Å². The van der Waals surface area contributed by atoms with Crippen molar-refractivity contribution in [3.63, 3.8) is 0 Å². The number of hydrogen-bond donors (Lipinski definition) is 1. The van der Waals surface area contributed by atoms with Crippen molar-refractivity contribution < 1.29 is 40.7 Å². The molecule has 1 N–H and O–H groups in total. The van der Waals surface area contributed by atoms with Crippen LogP contribution in [0.2, 0.25) is 0 Å². The van der Waals surface area contributed by atoms with E-state index in [9.17, 15) is 31.2 Å². The standard InChI is InChI=1S/C18H16F3NO6S/c1-10-4-6-12(9-14(10)18(19,20)21)22-29(25,26)15-8-11(16(23)27-2)5-7-13(15)17(24)28-3/h4-9,22H,1-3H3. The Kier molecular flexibility index (Phi) is 6.21. The molecule has 2 aromatic carbocycles.